The van der Waals surface area contributed by atoms with Crippen LogP contribution in [0.4, 0.5) is 5.69 Å². The maximum Gasteiger partial charge on any atom is 0.254 e. The number of hydrogen-bond acceptors (Lipinski definition) is 3. The number of carbonyl (C=O) groups excluding carboxylic acids is 2. The molecular formula is C20H24N2O3. The normalized spacial score (nSPS) is 10.2. The highest BCUT2D eigenvalue weighted by atomic mass is 16.5. The van der Waals surface area contributed by atoms with Crippen LogP contribution in [0.2, 0.25) is 0 Å². The molecule has 0 aliphatic heterocycles. The Kier molecular flexibility index (Phi) is 6.17. The number of methoxy groups -OCH3 is 1. The maximum atomic E-state index is 12.5. The third-order valence-electron chi connectivity index (χ3n) is 4.05. The van der Waals surface area contributed by atoms with Gasteiger partial charge in [0.05, 0.1) is 13.7 Å². The number of benzene rings is 2. The number of aryl methyl sites for hydroxylation is 2. The molecule has 0 heterocycles. The highest BCUT2D eigenvalue weighted by Crippen LogP contribution is 2.20. The number of ether oxygens (including phenoxy) is 1. The van der Waals surface area contributed by atoms with E-state index < -0.39 is 0 Å². The van der Waals surface area contributed by atoms with E-state index in [4.69, 9.17) is 4.74 Å². The third kappa shape index (κ3) is 4.59. The molecule has 0 saturated heterocycles. The maximum absolute atomic E-state index is 12.5. The van der Waals surface area contributed by atoms with Crippen molar-refractivity contribution in [3.8, 4) is 5.75 Å². The van der Waals surface area contributed by atoms with Gasteiger partial charge in [-0.25, -0.2) is 0 Å². The Morgan fingerprint density at radius 3 is 2.56 bits per heavy atom. The van der Waals surface area contributed by atoms with Crippen molar-refractivity contribution in [2.75, 3.05) is 26.0 Å². The quantitative estimate of drug-likeness (QED) is 0.878. The Labute approximate surface area is 148 Å². The summed E-state index contributed by atoms with van der Waals surface area (Å²) < 4.78 is 5.25. The Morgan fingerprint density at radius 1 is 1.16 bits per heavy atom. The predicted molar refractivity (Wildman–Crippen MR) is 99.1 cm³/mol. The molecule has 0 spiro atoms. The minimum Gasteiger partial charge on any atom is -0.496 e. The van der Waals surface area contributed by atoms with Gasteiger partial charge in [-0.3, -0.25) is 9.59 Å². The van der Waals surface area contributed by atoms with Crippen LogP contribution < -0.4 is 10.1 Å². The lowest BCUT2D eigenvalue weighted by molar-refractivity contribution is -0.116. The van der Waals surface area contributed by atoms with Gasteiger partial charge in [0.1, 0.15) is 5.75 Å². The second-order valence-corrected chi connectivity index (χ2v) is 5.90. The standard InChI is InChI=1S/C20H24N2O3/c1-5-15-8-6-7-9-17(15)21-19(23)13-22(3)20(24)16-11-10-14(2)18(12-16)25-4/h6-12H,5,13H2,1-4H3,(H,21,23). The fourth-order valence-corrected chi connectivity index (χ4v) is 2.60. The topological polar surface area (TPSA) is 58.6 Å². The highest BCUT2D eigenvalue weighted by molar-refractivity contribution is 5.99. The van der Waals surface area contributed by atoms with E-state index in [2.05, 4.69) is 5.32 Å². The van der Waals surface area contributed by atoms with E-state index in [0.717, 1.165) is 23.2 Å². The molecular weight excluding hydrogens is 316 g/mol. The van der Waals surface area contributed by atoms with Gasteiger partial charge in [-0.2, -0.15) is 0 Å². The Balaban J connectivity index is 2.04. The summed E-state index contributed by atoms with van der Waals surface area (Å²) in [5, 5.41) is 2.87. The zero-order valence-electron chi connectivity index (χ0n) is 15.1. The predicted octanol–water partition coefficient (Wildman–Crippen LogP) is 3.28. The van der Waals surface area contributed by atoms with Crippen LogP contribution in [0, 0.1) is 6.92 Å². The molecule has 2 amide bonds. The molecule has 2 rings (SSSR count). The fourth-order valence-electron chi connectivity index (χ4n) is 2.60. The van der Waals surface area contributed by atoms with Crippen molar-refractivity contribution in [3.05, 3.63) is 59.2 Å². The van der Waals surface area contributed by atoms with Gasteiger partial charge >= 0.3 is 0 Å². The number of hydrogen-bond donors (Lipinski definition) is 1. The molecule has 5 nitrogen and oxygen atoms in total. The molecule has 0 aliphatic rings. The number of nitrogens with zero attached hydrogens (tertiary/aromatic N) is 1. The SMILES string of the molecule is CCc1ccccc1NC(=O)CN(C)C(=O)c1ccc(C)c(OC)c1. The summed E-state index contributed by atoms with van der Waals surface area (Å²) in [6.07, 6.45) is 0.828. The summed E-state index contributed by atoms with van der Waals surface area (Å²) >= 11 is 0. The molecule has 0 aliphatic carbocycles. The minimum atomic E-state index is -0.226. The summed E-state index contributed by atoms with van der Waals surface area (Å²) in [4.78, 5) is 26.2. The summed E-state index contributed by atoms with van der Waals surface area (Å²) in [6, 6.07) is 12.9. The van der Waals surface area contributed by atoms with Crippen LogP contribution in [0.1, 0.15) is 28.4 Å². The number of nitrogens with one attached hydrogen (secondary N) is 1. The van der Waals surface area contributed by atoms with Crippen molar-refractivity contribution in [3.63, 3.8) is 0 Å². The molecule has 0 saturated carbocycles. The van der Waals surface area contributed by atoms with Crippen molar-refractivity contribution >= 4 is 17.5 Å². The van der Waals surface area contributed by atoms with E-state index in [1.807, 2.05) is 44.2 Å². The Morgan fingerprint density at radius 2 is 1.88 bits per heavy atom. The van der Waals surface area contributed by atoms with Gasteiger partial charge in [0.2, 0.25) is 5.91 Å². The average Bonchev–Trinajstić information content (AvgIpc) is 2.61. The van der Waals surface area contributed by atoms with Crippen molar-refractivity contribution < 1.29 is 14.3 Å². The van der Waals surface area contributed by atoms with Gasteiger partial charge in [-0.15, -0.1) is 0 Å². The minimum absolute atomic E-state index is 0.0208. The van der Waals surface area contributed by atoms with Crippen LogP contribution >= 0.6 is 0 Å². The van der Waals surface area contributed by atoms with E-state index >= 15 is 0 Å². The number of para-hydroxylation sites is 1. The van der Waals surface area contributed by atoms with E-state index in [0.29, 0.717) is 11.3 Å². The van der Waals surface area contributed by atoms with Gasteiger partial charge in [0.15, 0.2) is 0 Å². The molecule has 0 aromatic heterocycles. The van der Waals surface area contributed by atoms with Crippen molar-refractivity contribution in [2.45, 2.75) is 20.3 Å². The van der Waals surface area contributed by atoms with Gasteiger partial charge in [0, 0.05) is 18.3 Å². The molecule has 0 atom stereocenters. The molecule has 132 valence electrons. The van der Waals surface area contributed by atoms with Gasteiger partial charge in [-0.05, 0) is 42.7 Å². The zero-order valence-corrected chi connectivity index (χ0v) is 15.1. The molecule has 5 heteroatoms. The molecule has 0 fully saturated rings. The summed E-state index contributed by atoms with van der Waals surface area (Å²) in [6.45, 7) is 3.92. The van der Waals surface area contributed by atoms with Crippen LogP contribution in [0.25, 0.3) is 0 Å². The van der Waals surface area contributed by atoms with E-state index in [1.54, 1.807) is 26.3 Å². The Hall–Kier alpha value is -2.82. The number of likely N-dealkylation sites (N-methyl/N-ethyl adjacent to an activating group) is 1. The highest BCUT2D eigenvalue weighted by Gasteiger charge is 2.16. The van der Waals surface area contributed by atoms with Crippen molar-refractivity contribution in [1.82, 2.24) is 4.90 Å². The monoisotopic (exact) mass is 340 g/mol. The number of anilines is 1. The summed E-state index contributed by atoms with van der Waals surface area (Å²) in [5.74, 6) is 0.202. The zero-order chi connectivity index (χ0) is 18.4. The molecule has 2 aromatic rings. The first-order chi connectivity index (χ1) is 12.0. The largest absolute Gasteiger partial charge is 0.496 e. The number of carbonyl (C=O) groups is 2. The van der Waals surface area contributed by atoms with Gasteiger partial charge < -0.3 is 15.0 Å². The lowest BCUT2D eigenvalue weighted by Crippen LogP contribution is -2.35. The van der Waals surface area contributed by atoms with Crippen molar-refractivity contribution in [1.29, 1.82) is 0 Å². The van der Waals surface area contributed by atoms with E-state index in [-0.39, 0.29) is 18.4 Å². The van der Waals surface area contributed by atoms with E-state index in [9.17, 15) is 9.59 Å². The molecule has 1 N–H and O–H groups in total. The smallest absolute Gasteiger partial charge is 0.254 e. The first-order valence-corrected chi connectivity index (χ1v) is 8.24. The molecule has 25 heavy (non-hydrogen) atoms. The first-order valence-electron chi connectivity index (χ1n) is 8.24. The second kappa shape index (κ2) is 8.33. The van der Waals surface area contributed by atoms with E-state index in [1.165, 1.54) is 4.90 Å². The summed E-state index contributed by atoms with van der Waals surface area (Å²) in [5.41, 5.74) is 3.29. The molecule has 0 radical (unpaired) electrons. The Bertz CT molecular complexity index is 771. The molecule has 2 aromatic carbocycles. The third-order valence-corrected chi connectivity index (χ3v) is 4.05. The van der Waals surface area contributed by atoms with Crippen molar-refractivity contribution in [2.24, 2.45) is 0 Å². The lowest BCUT2D eigenvalue weighted by atomic mass is 10.1. The average molecular weight is 340 g/mol. The van der Waals surface area contributed by atoms with Crippen LogP contribution in [-0.2, 0) is 11.2 Å². The number of rotatable bonds is 6. The fraction of sp³-hybridized carbons (Fsp3) is 0.300. The van der Waals surface area contributed by atoms with Gasteiger partial charge in [0.25, 0.3) is 5.91 Å². The second-order valence-electron chi connectivity index (χ2n) is 5.90. The lowest BCUT2D eigenvalue weighted by Gasteiger charge is -2.18. The molecule has 0 bridgehead atoms. The van der Waals surface area contributed by atoms with Crippen LogP contribution in [0.15, 0.2) is 42.5 Å². The first kappa shape index (κ1) is 18.5. The van der Waals surface area contributed by atoms with Crippen LogP contribution in [0.3, 0.4) is 0 Å². The van der Waals surface area contributed by atoms with Crippen LogP contribution in [0.5, 0.6) is 5.75 Å². The molecule has 0 unspecified atom stereocenters. The van der Waals surface area contributed by atoms with Gasteiger partial charge in [-0.1, -0.05) is 31.2 Å². The summed E-state index contributed by atoms with van der Waals surface area (Å²) in [7, 11) is 3.18. The van der Waals surface area contributed by atoms with Crippen LogP contribution in [-0.4, -0.2) is 37.4 Å². The number of amides is 2.